The molecule has 1 heterocycles. The molecule has 1 aliphatic heterocycles. The summed E-state index contributed by atoms with van der Waals surface area (Å²) in [5.41, 5.74) is 1.92. The van der Waals surface area contributed by atoms with Crippen molar-refractivity contribution >= 4 is 11.6 Å². The molecule has 1 amide bonds. The zero-order valence-electron chi connectivity index (χ0n) is 16.4. The van der Waals surface area contributed by atoms with Gasteiger partial charge in [0.05, 0.1) is 18.2 Å². The fourth-order valence-electron chi connectivity index (χ4n) is 3.88. The molecule has 1 N–H and O–H groups in total. The molecule has 0 bridgehead atoms. The van der Waals surface area contributed by atoms with Crippen molar-refractivity contribution in [2.45, 2.75) is 18.3 Å². The summed E-state index contributed by atoms with van der Waals surface area (Å²) in [4.78, 5) is 13.1. The van der Waals surface area contributed by atoms with E-state index in [2.05, 4.69) is 5.32 Å². The van der Waals surface area contributed by atoms with E-state index in [1.54, 1.807) is 19.2 Å². The molecule has 30 heavy (non-hydrogen) atoms. The number of halogens is 1. The van der Waals surface area contributed by atoms with E-state index < -0.39 is 11.2 Å². The van der Waals surface area contributed by atoms with Gasteiger partial charge in [0.1, 0.15) is 11.6 Å². The van der Waals surface area contributed by atoms with Crippen LogP contribution in [0.5, 0.6) is 17.2 Å². The number of carbonyl (C=O) groups is 1. The van der Waals surface area contributed by atoms with E-state index in [1.807, 2.05) is 42.5 Å². The molecule has 1 fully saturated rings. The maximum absolute atomic E-state index is 14.5. The molecule has 3 aromatic rings. The Morgan fingerprint density at radius 2 is 1.83 bits per heavy atom. The zero-order valence-corrected chi connectivity index (χ0v) is 16.4. The highest BCUT2D eigenvalue weighted by molar-refractivity contribution is 6.02. The Morgan fingerprint density at radius 1 is 1.03 bits per heavy atom. The number of benzene rings is 3. The van der Waals surface area contributed by atoms with Gasteiger partial charge in [0.15, 0.2) is 11.5 Å². The predicted octanol–water partition coefficient (Wildman–Crippen LogP) is 4.90. The molecular formula is C24H20FNO4. The maximum atomic E-state index is 14.5. The van der Waals surface area contributed by atoms with E-state index >= 15 is 0 Å². The number of para-hydroxylation sites is 1. The highest BCUT2D eigenvalue weighted by atomic mass is 19.1. The Labute approximate surface area is 173 Å². The second-order valence-corrected chi connectivity index (χ2v) is 7.50. The van der Waals surface area contributed by atoms with Crippen molar-refractivity contribution in [1.29, 1.82) is 0 Å². The predicted molar refractivity (Wildman–Crippen MR) is 110 cm³/mol. The van der Waals surface area contributed by atoms with Crippen molar-refractivity contribution in [3.63, 3.8) is 0 Å². The lowest BCUT2D eigenvalue weighted by molar-refractivity contribution is -0.118. The smallest absolute Gasteiger partial charge is 0.235 e. The van der Waals surface area contributed by atoms with Gasteiger partial charge >= 0.3 is 0 Å². The Balaban J connectivity index is 1.44. The van der Waals surface area contributed by atoms with Gasteiger partial charge in [-0.2, -0.15) is 0 Å². The lowest BCUT2D eigenvalue weighted by atomic mass is 9.94. The summed E-state index contributed by atoms with van der Waals surface area (Å²) in [5, 5.41) is 2.80. The molecule has 0 unspecified atom stereocenters. The van der Waals surface area contributed by atoms with Crippen molar-refractivity contribution in [3.8, 4) is 28.4 Å². The molecule has 3 aromatic carbocycles. The fourth-order valence-corrected chi connectivity index (χ4v) is 3.88. The number of anilines is 1. The van der Waals surface area contributed by atoms with Gasteiger partial charge in [0.2, 0.25) is 12.7 Å². The fraction of sp³-hybridized carbons (Fsp3) is 0.208. The molecule has 152 valence electrons. The van der Waals surface area contributed by atoms with Crippen LogP contribution >= 0.6 is 0 Å². The minimum absolute atomic E-state index is 0.149. The average Bonchev–Trinajstić information content (AvgIpc) is 3.46. The van der Waals surface area contributed by atoms with Crippen LogP contribution in [0.15, 0.2) is 60.7 Å². The molecule has 2 aliphatic rings. The first-order chi connectivity index (χ1) is 14.6. The zero-order chi connectivity index (χ0) is 20.7. The number of amides is 1. The summed E-state index contributed by atoms with van der Waals surface area (Å²) in [5.74, 6) is 1.28. The lowest BCUT2D eigenvalue weighted by Crippen LogP contribution is -2.28. The monoisotopic (exact) mass is 405 g/mol. The third kappa shape index (κ3) is 3.05. The topological polar surface area (TPSA) is 56.8 Å². The van der Waals surface area contributed by atoms with E-state index in [0.717, 1.165) is 16.7 Å². The summed E-state index contributed by atoms with van der Waals surface area (Å²) < 4.78 is 30.7. The highest BCUT2D eigenvalue weighted by Gasteiger charge is 2.51. The van der Waals surface area contributed by atoms with Gasteiger partial charge in [-0.15, -0.1) is 0 Å². The van der Waals surface area contributed by atoms with Crippen molar-refractivity contribution in [2.75, 3.05) is 19.2 Å². The summed E-state index contributed by atoms with van der Waals surface area (Å²) in [7, 11) is 1.59. The molecule has 0 radical (unpaired) electrons. The largest absolute Gasteiger partial charge is 0.496 e. The van der Waals surface area contributed by atoms with Crippen LogP contribution in [0.2, 0.25) is 0 Å². The Bertz CT molecular complexity index is 1140. The molecule has 5 nitrogen and oxygen atoms in total. The molecule has 0 spiro atoms. The van der Waals surface area contributed by atoms with Crippen molar-refractivity contribution in [2.24, 2.45) is 0 Å². The van der Waals surface area contributed by atoms with Gasteiger partial charge < -0.3 is 19.5 Å². The number of fused-ring (bicyclic) bond motifs is 1. The second kappa shape index (κ2) is 7.06. The third-order valence-corrected chi connectivity index (χ3v) is 5.74. The van der Waals surface area contributed by atoms with Crippen LogP contribution < -0.4 is 19.5 Å². The van der Waals surface area contributed by atoms with E-state index in [0.29, 0.717) is 30.1 Å². The number of rotatable bonds is 5. The first-order valence-corrected chi connectivity index (χ1v) is 9.75. The number of nitrogens with one attached hydrogen (secondary N) is 1. The van der Waals surface area contributed by atoms with Crippen molar-refractivity contribution in [3.05, 3.63) is 72.0 Å². The maximum Gasteiger partial charge on any atom is 0.235 e. The number of methoxy groups -OCH3 is 1. The van der Waals surface area contributed by atoms with E-state index in [9.17, 15) is 9.18 Å². The third-order valence-electron chi connectivity index (χ3n) is 5.74. The summed E-state index contributed by atoms with van der Waals surface area (Å²) >= 11 is 0. The van der Waals surface area contributed by atoms with Crippen LogP contribution in [-0.4, -0.2) is 19.8 Å². The molecule has 5 rings (SSSR count). The summed E-state index contributed by atoms with van der Waals surface area (Å²) in [6, 6.07) is 17.7. The first kappa shape index (κ1) is 18.5. The standard InChI is InChI=1S/C24H20FNO4/c1-28-20-5-3-2-4-17(20)15-6-8-18(25)19(12-15)26-23(27)24(10-11-24)16-7-9-21-22(13-16)30-14-29-21/h2-9,12-13H,10-11,14H2,1H3,(H,26,27). The van der Waals surface area contributed by atoms with Crippen LogP contribution in [0.3, 0.4) is 0 Å². The van der Waals surface area contributed by atoms with Crippen LogP contribution in [0, 0.1) is 5.82 Å². The van der Waals surface area contributed by atoms with Gasteiger partial charge in [-0.25, -0.2) is 4.39 Å². The van der Waals surface area contributed by atoms with E-state index in [-0.39, 0.29) is 18.4 Å². The Morgan fingerprint density at radius 3 is 2.63 bits per heavy atom. The van der Waals surface area contributed by atoms with E-state index in [4.69, 9.17) is 14.2 Å². The average molecular weight is 405 g/mol. The number of ether oxygens (including phenoxy) is 3. The number of carbonyl (C=O) groups excluding carboxylic acids is 1. The van der Waals surface area contributed by atoms with Crippen LogP contribution in [0.25, 0.3) is 11.1 Å². The normalized spacial score (nSPS) is 15.5. The quantitative estimate of drug-likeness (QED) is 0.656. The highest BCUT2D eigenvalue weighted by Crippen LogP contribution is 2.51. The van der Waals surface area contributed by atoms with E-state index in [1.165, 1.54) is 6.07 Å². The number of hydrogen-bond acceptors (Lipinski definition) is 4. The van der Waals surface area contributed by atoms with Gasteiger partial charge in [-0.05, 0) is 54.3 Å². The summed E-state index contributed by atoms with van der Waals surface area (Å²) in [6.45, 7) is 0.179. The summed E-state index contributed by atoms with van der Waals surface area (Å²) in [6.07, 6.45) is 1.40. The SMILES string of the molecule is COc1ccccc1-c1ccc(F)c(NC(=O)C2(c3ccc4c(c3)OCO4)CC2)c1. The molecule has 0 aromatic heterocycles. The minimum Gasteiger partial charge on any atom is -0.496 e. The Hall–Kier alpha value is -3.54. The number of hydrogen-bond donors (Lipinski definition) is 1. The van der Waals surface area contributed by atoms with Crippen molar-refractivity contribution in [1.82, 2.24) is 0 Å². The van der Waals surface area contributed by atoms with Gasteiger partial charge in [-0.3, -0.25) is 4.79 Å². The second-order valence-electron chi connectivity index (χ2n) is 7.50. The molecule has 1 aliphatic carbocycles. The lowest BCUT2D eigenvalue weighted by Gasteiger charge is -2.17. The van der Waals surface area contributed by atoms with Crippen molar-refractivity contribution < 1.29 is 23.4 Å². The minimum atomic E-state index is -0.673. The molecule has 6 heteroatoms. The Kier molecular flexibility index (Phi) is 4.35. The molecular weight excluding hydrogens is 385 g/mol. The van der Waals surface area contributed by atoms with Crippen LogP contribution in [0.4, 0.5) is 10.1 Å². The first-order valence-electron chi connectivity index (χ1n) is 9.75. The molecule has 0 atom stereocenters. The van der Waals surface area contributed by atoms with Gasteiger partial charge in [0, 0.05) is 5.56 Å². The van der Waals surface area contributed by atoms with Crippen LogP contribution in [0.1, 0.15) is 18.4 Å². The van der Waals surface area contributed by atoms with Crippen LogP contribution in [-0.2, 0) is 10.2 Å². The van der Waals surface area contributed by atoms with Gasteiger partial charge in [-0.1, -0.05) is 30.3 Å². The van der Waals surface area contributed by atoms with Gasteiger partial charge in [0.25, 0.3) is 0 Å². The molecule has 0 saturated heterocycles. The molecule has 1 saturated carbocycles.